The first-order valence-corrected chi connectivity index (χ1v) is 8.97. The van der Waals surface area contributed by atoms with Gasteiger partial charge in [0.1, 0.15) is 11.3 Å². The summed E-state index contributed by atoms with van der Waals surface area (Å²) in [5.74, 6) is -0.894. The number of benzene rings is 1. The first kappa shape index (κ1) is 16.6. The van der Waals surface area contributed by atoms with Crippen molar-refractivity contribution >= 4 is 44.4 Å². The molecule has 2 aliphatic heterocycles. The monoisotopic (exact) mass is 406 g/mol. The second kappa shape index (κ2) is 6.12. The Morgan fingerprint density at radius 3 is 2.80 bits per heavy atom. The Labute approximate surface area is 153 Å². The van der Waals surface area contributed by atoms with Crippen molar-refractivity contribution in [2.45, 2.75) is 18.5 Å². The third-order valence-corrected chi connectivity index (χ3v) is 5.61. The summed E-state index contributed by atoms with van der Waals surface area (Å²) in [6.07, 6.45) is 1.11. The van der Waals surface area contributed by atoms with Gasteiger partial charge in [0.25, 0.3) is 5.91 Å². The van der Waals surface area contributed by atoms with Gasteiger partial charge in [0.05, 0.1) is 6.54 Å². The molecule has 7 nitrogen and oxygen atoms in total. The number of likely N-dealkylation sites (tertiary alicyclic amines) is 2. The van der Waals surface area contributed by atoms with E-state index in [2.05, 4.69) is 38.1 Å². The van der Waals surface area contributed by atoms with Crippen LogP contribution < -0.4 is 11.1 Å². The molecule has 2 atom stereocenters. The van der Waals surface area contributed by atoms with E-state index in [4.69, 9.17) is 10.2 Å². The molecule has 3 heterocycles. The third kappa shape index (κ3) is 2.94. The van der Waals surface area contributed by atoms with Crippen molar-refractivity contribution in [2.24, 2.45) is 5.73 Å². The van der Waals surface area contributed by atoms with Crippen molar-refractivity contribution in [2.75, 3.05) is 32.0 Å². The minimum absolute atomic E-state index is 0.0240. The smallest absolute Gasteiger partial charge is 0.286 e. The van der Waals surface area contributed by atoms with E-state index in [0.717, 1.165) is 24.0 Å². The SMILES string of the molecule is CN1CC2CC1CN2CC(=O)Nc1c(C(N)=O)oc2ccc(Br)cc12. The van der Waals surface area contributed by atoms with E-state index in [9.17, 15) is 9.59 Å². The van der Waals surface area contributed by atoms with E-state index < -0.39 is 5.91 Å². The maximum absolute atomic E-state index is 12.6. The number of primary amides is 1. The summed E-state index contributed by atoms with van der Waals surface area (Å²) in [5.41, 5.74) is 6.26. The highest BCUT2D eigenvalue weighted by Gasteiger charge is 2.41. The molecule has 2 aliphatic rings. The minimum Gasteiger partial charge on any atom is -0.449 e. The second-order valence-electron chi connectivity index (χ2n) is 6.77. The summed E-state index contributed by atoms with van der Waals surface area (Å²) in [6, 6.07) is 6.29. The maximum Gasteiger partial charge on any atom is 0.286 e. The summed E-state index contributed by atoms with van der Waals surface area (Å²) in [7, 11) is 2.12. The van der Waals surface area contributed by atoms with Crippen LogP contribution in [0.25, 0.3) is 11.0 Å². The molecule has 0 saturated carbocycles. The Kier molecular flexibility index (Phi) is 4.05. The summed E-state index contributed by atoms with van der Waals surface area (Å²) in [6.45, 7) is 2.19. The predicted octanol–water partition coefficient (Wildman–Crippen LogP) is 1.62. The molecule has 2 unspecified atom stereocenters. The lowest BCUT2D eigenvalue weighted by Crippen LogP contribution is -2.47. The van der Waals surface area contributed by atoms with Crippen LogP contribution in [0.2, 0.25) is 0 Å². The molecule has 4 rings (SSSR count). The standard InChI is InChI=1S/C17H19BrN4O3/c1-21-6-11-5-10(21)7-22(11)8-14(23)20-15-12-4-9(18)2-3-13(12)25-16(15)17(19)24/h2-4,10-11H,5-8H2,1H3,(H2,19,24)(H,20,23). The number of hydrogen-bond acceptors (Lipinski definition) is 5. The number of anilines is 1. The van der Waals surface area contributed by atoms with Crippen LogP contribution in [0.3, 0.4) is 0 Å². The number of nitrogens with two attached hydrogens (primary N) is 1. The summed E-state index contributed by atoms with van der Waals surface area (Å²) < 4.78 is 6.35. The Morgan fingerprint density at radius 2 is 2.16 bits per heavy atom. The number of nitrogens with zero attached hydrogens (tertiary/aromatic N) is 2. The second-order valence-corrected chi connectivity index (χ2v) is 7.69. The number of carbonyl (C=O) groups excluding carboxylic acids is 2. The molecule has 2 fully saturated rings. The average Bonchev–Trinajstić information content (AvgIpc) is 3.20. The first-order valence-electron chi connectivity index (χ1n) is 8.18. The molecule has 2 aromatic rings. The van der Waals surface area contributed by atoms with Gasteiger partial charge in [-0.05, 0) is 31.7 Å². The molecule has 1 aromatic carbocycles. The fourth-order valence-electron chi connectivity index (χ4n) is 3.87. The van der Waals surface area contributed by atoms with Gasteiger partial charge in [-0.15, -0.1) is 0 Å². The summed E-state index contributed by atoms with van der Waals surface area (Å²) in [5, 5.41) is 3.48. The minimum atomic E-state index is -0.704. The first-order chi connectivity index (χ1) is 11.9. The van der Waals surface area contributed by atoms with E-state index in [0.29, 0.717) is 35.3 Å². The van der Waals surface area contributed by atoms with Gasteiger partial charge in [-0.2, -0.15) is 0 Å². The number of hydrogen-bond donors (Lipinski definition) is 2. The van der Waals surface area contributed by atoms with Crippen molar-refractivity contribution < 1.29 is 14.0 Å². The van der Waals surface area contributed by atoms with Gasteiger partial charge in [0, 0.05) is 35.0 Å². The van der Waals surface area contributed by atoms with Crippen LogP contribution in [-0.2, 0) is 4.79 Å². The quantitative estimate of drug-likeness (QED) is 0.804. The van der Waals surface area contributed by atoms with E-state index in [-0.39, 0.29) is 11.7 Å². The van der Waals surface area contributed by atoms with Gasteiger partial charge in [-0.1, -0.05) is 15.9 Å². The Balaban J connectivity index is 1.55. The highest BCUT2D eigenvalue weighted by Crippen LogP contribution is 2.33. The fourth-order valence-corrected chi connectivity index (χ4v) is 4.23. The van der Waals surface area contributed by atoms with E-state index in [1.165, 1.54) is 0 Å². The van der Waals surface area contributed by atoms with Gasteiger partial charge in [-0.25, -0.2) is 0 Å². The lowest BCUT2D eigenvalue weighted by Gasteiger charge is -2.31. The predicted molar refractivity (Wildman–Crippen MR) is 97.5 cm³/mol. The number of amides is 2. The molecule has 2 saturated heterocycles. The lowest BCUT2D eigenvalue weighted by atomic mass is 10.2. The van der Waals surface area contributed by atoms with Gasteiger partial charge in [-0.3, -0.25) is 14.5 Å². The van der Waals surface area contributed by atoms with Gasteiger partial charge in [0.2, 0.25) is 11.7 Å². The normalized spacial score (nSPS) is 23.4. The van der Waals surface area contributed by atoms with Gasteiger partial charge >= 0.3 is 0 Å². The number of fused-ring (bicyclic) bond motifs is 3. The molecule has 0 spiro atoms. The van der Waals surface area contributed by atoms with E-state index >= 15 is 0 Å². The Hall–Kier alpha value is -1.90. The van der Waals surface area contributed by atoms with E-state index in [1.54, 1.807) is 18.2 Å². The highest BCUT2D eigenvalue weighted by molar-refractivity contribution is 9.10. The van der Waals surface area contributed by atoms with Crippen LogP contribution >= 0.6 is 15.9 Å². The molecule has 25 heavy (non-hydrogen) atoms. The zero-order valence-electron chi connectivity index (χ0n) is 13.8. The average molecular weight is 407 g/mol. The van der Waals surface area contributed by atoms with Crippen molar-refractivity contribution in [3.8, 4) is 0 Å². The molecule has 1 aromatic heterocycles. The van der Waals surface area contributed by atoms with Crippen LogP contribution in [0.4, 0.5) is 5.69 Å². The molecule has 2 bridgehead atoms. The largest absolute Gasteiger partial charge is 0.449 e. The number of likely N-dealkylation sites (N-methyl/N-ethyl adjacent to an activating group) is 1. The van der Waals surface area contributed by atoms with Crippen LogP contribution in [-0.4, -0.2) is 60.4 Å². The number of rotatable bonds is 4. The molecular weight excluding hydrogens is 388 g/mol. The number of halogens is 1. The van der Waals surface area contributed by atoms with Crippen molar-refractivity contribution in [1.82, 2.24) is 9.80 Å². The topological polar surface area (TPSA) is 91.8 Å². The van der Waals surface area contributed by atoms with Crippen LogP contribution in [0.1, 0.15) is 17.0 Å². The van der Waals surface area contributed by atoms with Crippen LogP contribution in [0, 0.1) is 0 Å². The molecule has 8 heteroatoms. The summed E-state index contributed by atoms with van der Waals surface area (Å²) >= 11 is 3.39. The van der Waals surface area contributed by atoms with Crippen molar-refractivity contribution in [1.29, 1.82) is 0 Å². The third-order valence-electron chi connectivity index (χ3n) is 5.11. The zero-order valence-corrected chi connectivity index (χ0v) is 15.4. The highest BCUT2D eigenvalue weighted by atomic mass is 79.9. The van der Waals surface area contributed by atoms with Crippen molar-refractivity contribution in [3.63, 3.8) is 0 Å². The molecule has 132 valence electrons. The molecule has 0 aliphatic carbocycles. The Bertz CT molecular complexity index is 863. The molecule has 3 N–H and O–H groups in total. The van der Waals surface area contributed by atoms with E-state index in [1.807, 2.05) is 0 Å². The number of nitrogens with one attached hydrogen (secondary N) is 1. The zero-order chi connectivity index (χ0) is 17.7. The van der Waals surface area contributed by atoms with Gasteiger partial charge < -0.3 is 20.4 Å². The van der Waals surface area contributed by atoms with Crippen molar-refractivity contribution in [3.05, 3.63) is 28.4 Å². The molecule has 0 radical (unpaired) electrons. The van der Waals surface area contributed by atoms with Gasteiger partial charge in [0.15, 0.2) is 0 Å². The molecular formula is C17H19BrN4O3. The maximum atomic E-state index is 12.6. The Morgan fingerprint density at radius 1 is 1.36 bits per heavy atom. The number of piperazine rings is 1. The number of furan rings is 1. The lowest BCUT2D eigenvalue weighted by molar-refractivity contribution is -0.117. The van der Waals surface area contributed by atoms with Crippen LogP contribution in [0.15, 0.2) is 27.1 Å². The molecule has 2 amide bonds. The fraction of sp³-hybridized carbons (Fsp3) is 0.412. The summed E-state index contributed by atoms with van der Waals surface area (Å²) in [4.78, 5) is 28.8. The van der Waals surface area contributed by atoms with Crippen LogP contribution in [0.5, 0.6) is 0 Å². The number of carbonyl (C=O) groups is 2.